The van der Waals surface area contributed by atoms with E-state index in [-0.39, 0.29) is 11.8 Å². The summed E-state index contributed by atoms with van der Waals surface area (Å²) in [7, 11) is 0. The lowest BCUT2D eigenvalue weighted by Gasteiger charge is -2.35. The predicted octanol–water partition coefficient (Wildman–Crippen LogP) is 1.44. The average molecular weight is 371 g/mol. The Morgan fingerprint density at radius 1 is 1.04 bits per heavy atom. The van der Waals surface area contributed by atoms with Crippen molar-refractivity contribution in [3.8, 4) is 11.5 Å². The zero-order valence-corrected chi connectivity index (χ0v) is 15.4. The highest BCUT2D eigenvalue weighted by molar-refractivity contribution is 5.93. The SMILES string of the molecule is O=C(CN1CCN(C(=O)c2cc(-c3ccco3)[nH]n2)CC1)N1CCCCC1. The fourth-order valence-electron chi connectivity index (χ4n) is 3.69. The van der Waals surface area contributed by atoms with Crippen LogP contribution in [0.1, 0.15) is 29.8 Å². The normalized spacial score (nSPS) is 18.7. The molecule has 8 heteroatoms. The Morgan fingerprint density at radius 2 is 1.81 bits per heavy atom. The summed E-state index contributed by atoms with van der Waals surface area (Å²) >= 11 is 0. The van der Waals surface area contributed by atoms with Crippen LogP contribution < -0.4 is 0 Å². The molecule has 0 aromatic carbocycles. The highest BCUT2D eigenvalue weighted by atomic mass is 16.3. The lowest BCUT2D eigenvalue weighted by molar-refractivity contribution is -0.133. The second-order valence-corrected chi connectivity index (χ2v) is 7.15. The summed E-state index contributed by atoms with van der Waals surface area (Å²) in [5.74, 6) is 0.776. The molecule has 2 saturated heterocycles. The number of aromatic amines is 1. The molecule has 0 saturated carbocycles. The van der Waals surface area contributed by atoms with E-state index in [0.717, 1.165) is 25.9 Å². The van der Waals surface area contributed by atoms with E-state index in [4.69, 9.17) is 4.42 Å². The van der Waals surface area contributed by atoms with Crippen LogP contribution in [0.2, 0.25) is 0 Å². The van der Waals surface area contributed by atoms with Gasteiger partial charge in [0.05, 0.1) is 12.8 Å². The summed E-state index contributed by atoms with van der Waals surface area (Å²) in [6.45, 7) is 4.85. The highest BCUT2D eigenvalue weighted by Gasteiger charge is 2.26. The van der Waals surface area contributed by atoms with Crippen LogP contribution in [0.5, 0.6) is 0 Å². The van der Waals surface area contributed by atoms with Gasteiger partial charge < -0.3 is 14.2 Å². The summed E-state index contributed by atoms with van der Waals surface area (Å²) in [5.41, 5.74) is 1.08. The number of hydrogen-bond acceptors (Lipinski definition) is 5. The summed E-state index contributed by atoms with van der Waals surface area (Å²) in [6.07, 6.45) is 5.02. The Morgan fingerprint density at radius 3 is 2.52 bits per heavy atom. The van der Waals surface area contributed by atoms with E-state index < -0.39 is 0 Å². The van der Waals surface area contributed by atoms with Crippen LogP contribution in [0.3, 0.4) is 0 Å². The molecule has 27 heavy (non-hydrogen) atoms. The molecule has 0 unspecified atom stereocenters. The minimum atomic E-state index is -0.0916. The molecule has 0 radical (unpaired) electrons. The second kappa shape index (κ2) is 7.96. The first-order chi connectivity index (χ1) is 13.2. The standard InChI is InChI=1S/C19H25N5O3/c25-18(23-6-2-1-3-7-23)14-22-8-10-24(11-9-22)19(26)16-13-15(20-21-16)17-5-4-12-27-17/h4-5,12-13H,1-3,6-11,14H2,(H,20,21). The molecule has 4 rings (SSSR count). The van der Waals surface area contributed by atoms with Gasteiger partial charge in [0.15, 0.2) is 11.5 Å². The Bertz CT molecular complexity index is 771. The van der Waals surface area contributed by atoms with Gasteiger partial charge in [-0.05, 0) is 31.4 Å². The molecule has 0 aliphatic carbocycles. The number of nitrogens with zero attached hydrogens (tertiary/aromatic N) is 4. The Labute approximate surface area is 158 Å². The van der Waals surface area contributed by atoms with Crippen molar-refractivity contribution in [2.75, 3.05) is 45.8 Å². The molecule has 2 aliphatic rings. The van der Waals surface area contributed by atoms with Crippen molar-refractivity contribution >= 4 is 11.8 Å². The van der Waals surface area contributed by atoms with Crippen LogP contribution in [0, 0.1) is 0 Å². The number of carbonyl (C=O) groups is 2. The number of hydrogen-bond donors (Lipinski definition) is 1. The van der Waals surface area contributed by atoms with E-state index in [1.807, 2.05) is 11.0 Å². The molecule has 8 nitrogen and oxygen atoms in total. The first-order valence-corrected chi connectivity index (χ1v) is 9.59. The van der Waals surface area contributed by atoms with Gasteiger partial charge in [0, 0.05) is 45.3 Å². The van der Waals surface area contributed by atoms with Crippen LogP contribution >= 0.6 is 0 Å². The average Bonchev–Trinajstić information content (AvgIpc) is 3.40. The topological polar surface area (TPSA) is 85.7 Å². The number of nitrogens with one attached hydrogen (secondary N) is 1. The third-order valence-corrected chi connectivity index (χ3v) is 5.31. The van der Waals surface area contributed by atoms with Crippen molar-refractivity contribution in [3.63, 3.8) is 0 Å². The van der Waals surface area contributed by atoms with Crippen LogP contribution in [-0.2, 0) is 4.79 Å². The highest BCUT2D eigenvalue weighted by Crippen LogP contribution is 2.19. The number of aromatic nitrogens is 2. The number of H-pyrrole nitrogens is 1. The van der Waals surface area contributed by atoms with Gasteiger partial charge in [-0.1, -0.05) is 0 Å². The number of likely N-dealkylation sites (tertiary alicyclic amines) is 1. The first-order valence-electron chi connectivity index (χ1n) is 9.59. The number of piperazine rings is 1. The molecule has 1 N–H and O–H groups in total. The summed E-state index contributed by atoms with van der Waals surface area (Å²) < 4.78 is 5.32. The fraction of sp³-hybridized carbons (Fsp3) is 0.526. The molecule has 144 valence electrons. The van der Waals surface area contributed by atoms with Gasteiger partial charge in [-0.2, -0.15) is 5.10 Å². The number of piperidine rings is 1. The lowest BCUT2D eigenvalue weighted by atomic mass is 10.1. The van der Waals surface area contributed by atoms with E-state index >= 15 is 0 Å². The Balaban J connectivity index is 1.28. The predicted molar refractivity (Wildman–Crippen MR) is 99.1 cm³/mol. The van der Waals surface area contributed by atoms with Gasteiger partial charge in [-0.25, -0.2) is 0 Å². The van der Waals surface area contributed by atoms with Crippen molar-refractivity contribution in [3.05, 3.63) is 30.2 Å². The van der Waals surface area contributed by atoms with Crippen LogP contribution in [0.4, 0.5) is 0 Å². The van der Waals surface area contributed by atoms with E-state index in [9.17, 15) is 9.59 Å². The van der Waals surface area contributed by atoms with E-state index in [1.54, 1.807) is 23.3 Å². The summed E-state index contributed by atoms with van der Waals surface area (Å²) in [5, 5.41) is 6.97. The minimum absolute atomic E-state index is 0.0916. The van der Waals surface area contributed by atoms with Crippen molar-refractivity contribution in [2.45, 2.75) is 19.3 Å². The molecule has 0 bridgehead atoms. The van der Waals surface area contributed by atoms with Gasteiger partial charge in [0.1, 0.15) is 5.69 Å². The van der Waals surface area contributed by atoms with Crippen LogP contribution in [0.25, 0.3) is 11.5 Å². The maximum atomic E-state index is 12.7. The van der Waals surface area contributed by atoms with Gasteiger partial charge in [0.25, 0.3) is 5.91 Å². The minimum Gasteiger partial charge on any atom is -0.463 e. The molecule has 2 aromatic heterocycles. The third kappa shape index (κ3) is 4.05. The van der Waals surface area contributed by atoms with Gasteiger partial charge in [-0.15, -0.1) is 0 Å². The molecular weight excluding hydrogens is 346 g/mol. The van der Waals surface area contributed by atoms with Crippen LogP contribution in [-0.4, -0.2) is 82.5 Å². The fourth-order valence-corrected chi connectivity index (χ4v) is 3.69. The number of carbonyl (C=O) groups excluding carboxylic acids is 2. The molecule has 0 spiro atoms. The molecule has 2 aliphatic heterocycles. The largest absolute Gasteiger partial charge is 0.463 e. The van der Waals surface area contributed by atoms with E-state index in [0.29, 0.717) is 49.9 Å². The maximum absolute atomic E-state index is 12.7. The summed E-state index contributed by atoms with van der Waals surface area (Å²) in [4.78, 5) is 31.0. The summed E-state index contributed by atoms with van der Waals surface area (Å²) in [6, 6.07) is 5.33. The van der Waals surface area contributed by atoms with Crippen molar-refractivity contribution in [2.24, 2.45) is 0 Å². The zero-order valence-electron chi connectivity index (χ0n) is 15.4. The zero-order chi connectivity index (χ0) is 18.6. The molecular formula is C19H25N5O3. The number of furan rings is 1. The van der Waals surface area contributed by atoms with Crippen molar-refractivity contribution in [1.82, 2.24) is 24.9 Å². The molecule has 2 fully saturated rings. The molecule has 2 amide bonds. The molecule has 2 aromatic rings. The van der Waals surface area contributed by atoms with Crippen molar-refractivity contribution in [1.29, 1.82) is 0 Å². The maximum Gasteiger partial charge on any atom is 0.274 e. The number of rotatable bonds is 4. The molecule has 4 heterocycles. The Hall–Kier alpha value is -2.61. The first kappa shape index (κ1) is 17.8. The Kier molecular flexibility index (Phi) is 5.24. The monoisotopic (exact) mass is 371 g/mol. The molecule has 0 atom stereocenters. The quantitative estimate of drug-likeness (QED) is 0.879. The van der Waals surface area contributed by atoms with Gasteiger partial charge in [-0.3, -0.25) is 19.6 Å². The van der Waals surface area contributed by atoms with Crippen LogP contribution in [0.15, 0.2) is 28.9 Å². The van der Waals surface area contributed by atoms with Gasteiger partial charge >= 0.3 is 0 Å². The lowest BCUT2D eigenvalue weighted by Crippen LogP contribution is -2.52. The van der Waals surface area contributed by atoms with Gasteiger partial charge in [0.2, 0.25) is 5.91 Å². The third-order valence-electron chi connectivity index (χ3n) is 5.31. The van der Waals surface area contributed by atoms with E-state index in [1.165, 1.54) is 6.42 Å². The number of amides is 2. The van der Waals surface area contributed by atoms with E-state index in [2.05, 4.69) is 15.1 Å². The smallest absolute Gasteiger partial charge is 0.274 e. The van der Waals surface area contributed by atoms with Crippen molar-refractivity contribution < 1.29 is 14.0 Å². The second-order valence-electron chi connectivity index (χ2n) is 7.15.